The van der Waals surface area contributed by atoms with Crippen LogP contribution in [-0.4, -0.2) is 33.0 Å². The van der Waals surface area contributed by atoms with Crippen LogP contribution in [0.1, 0.15) is 5.69 Å². The van der Waals surface area contributed by atoms with Crippen molar-refractivity contribution < 1.29 is 4.74 Å². The Morgan fingerprint density at radius 1 is 1.14 bits per heavy atom. The van der Waals surface area contributed by atoms with Gasteiger partial charge in [0, 0.05) is 17.6 Å². The number of nitrogens with zero attached hydrogens (tertiary/aromatic N) is 3. The molecule has 0 aliphatic heterocycles. The maximum absolute atomic E-state index is 5.34. The van der Waals surface area contributed by atoms with E-state index in [-0.39, 0.29) is 0 Å². The minimum Gasteiger partial charge on any atom is -0.496 e. The number of methoxy groups -OCH3 is 1. The van der Waals surface area contributed by atoms with Crippen LogP contribution in [-0.2, 0) is 6.42 Å². The molecule has 0 aliphatic carbocycles. The van der Waals surface area contributed by atoms with Crippen molar-refractivity contribution in [3.05, 3.63) is 54.4 Å². The van der Waals surface area contributed by atoms with Crippen molar-refractivity contribution in [2.75, 3.05) is 12.9 Å². The zero-order valence-electron chi connectivity index (χ0n) is 12.2. The lowest BCUT2D eigenvalue weighted by Gasteiger charge is -2.03. The van der Waals surface area contributed by atoms with Crippen molar-refractivity contribution in [2.24, 2.45) is 0 Å². The summed E-state index contributed by atoms with van der Waals surface area (Å²) in [7, 11) is 1.65. The summed E-state index contributed by atoms with van der Waals surface area (Å²) in [5, 5.41) is 8.04. The quantitative estimate of drug-likeness (QED) is 0.708. The van der Waals surface area contributed by atoms with E-state index in [0.717, 1.165) is 34.3 Å². The van der Waals surface area contributed by atoms with Gasteiger partial charge < -0.3 is 4.74 Å². The van der Waals surface area contributed by atoms with Gasteiger partial charge in [-0.05, 0) is 30.7 Å². The second kappa shape index (κ2) is 7.09. The van der Waals surface area contributed by atoms with E-state index in [0.29, 0.717) is 5.82 Å². The maximum Gasteiger partial charge on any atom is 0.185 e. The van der Waals surface area contributed by atoms with Crippen LogP contribution in [0.4, 0.5) is 0 Å². The SMILES string of the molecule is COc1ccccc1-c1n[nH]c(SCCc2ccccn2)n1. The standard InChI is InChI=1S/C16H16N4OS/c1-21-14-8-3-2-7-13(14)15-18-16(20-19-15)22-11-9-12-6-4-5-10-17-12/h2-8,10H,9,11H2,1H3,(H,18,19,20). The minimum absolute atomic E-state index is 0.651. The molecular weight excluding hydrogens is 296 g/mol. The molecule has 5 nitrogen and oxygen atoms in total. The van der Waals surface area contributed by atoms with Crippen LogP contribution in [0, 0.1) is 0 Å². The van der Waals surface area contributed by atoms with Crippen molar-refractivity contribution in [3.8, 4) is 17.1 Å². The number of aryl methyl sites for hydroxylation is 1. The Hall–Kier alpha value is -2.34. The number of pyridine rings is 1. The molecule has 0 spiro atoms. The fraction of sp³-hybridized carbons (Fsp3) is 0.188. The fourth-order valence-corrected chi connectivity index (χ4v) is 2.83. The highest BCUT2D eigenvalue weighted by Crippen LogP contribution is 2.27. The molecule has 112 valence electrons. The number of thioether (sulfide) groups is 1. The lowest BCUT2D eigenvalue weighted by molar-refractivity contribution is 0.416. The number of hydrogen-bond donors (Lipinski definition) is 1. The number of benzene rings is 1. The molecule has 1 N–H and O–H groups in total. The number of aromatic amines is 1. The van der Waals surface area contributed by atoms with Crippen LogP contribution in [0.3, 0.4) is 0 Å². The smallest absolute Gasteiger partial charge is 0.185 e. The molecule has 0 aliphatic rings. The summed E-state index contributed by atoms with van der Waals surface area (Å²) in [6, 6.07) is 13.7. The minimum atomic E-state index is 0.651. The van der Waals surface area contributed by atoms with Gasteiger partial charge in [-0.3, -0.25) is 10.1 Å². The summed E-state index contributed by atoms with van der Waals surface area (Å²) in [5.74, 6) is 2.32. The molecule has 3 rings (SSSR count). The Kier molecular flexibility index (Phi) is 4.70. The molecule has 2 heterocycles. The van der Waals surface area contributed by atoms with E-state index in [9.17, 15) is 0 Å². The molecule has 1 aromatic carbocycles. The molecule has 0 unspecified atom stereocenters. The highest BCUT2D eigenvalue weighted by molar-refractivity contribution is 7.99. The number of para-hydroxylation sites is 1. The molecule has 0 fully saturated rings. The zero-order chi connectivity index (χ0) is 15.2. The van der Waals surface area contributed by atoms with Gasteiger partial charge in [-0.15, -0.1) is 0 Å². The highest BCUT2D eigenvalue weighted by atomic mass is 32.2. The van der Waals surface area contributed by atoms with Gasteiger partial charge in [0.15, 0.2) is 11.0 Å². The Morgan fingerprint density at radius 3 is 2.82 bits per heavy atom. The molecule has 0 saturated carbocycles. The fourth-order valence-electron chi connectivity index (χ4n) is 2.06. The van der Waals surface area contributed by atoms with Crippen LogP contribution in [0.25, 0.3) is 11.4 Å². The van der Waals surface area contributed by atoms with E-state index in [2.05, 4.69) is 20.2 Å². The van der Waals surface area contributed by atoms with Gasteiger partial charge in [-0.1, -0.05) is 30.0 Å². The third kappa shape index (κ3) is 3.46. The van der Waals surface area contributed by atoms with E-state index in [1.54, 1.807) is 18.9 Å². The second-order valence-corrected chi connectivity index (χ2v) is 5.67. The lowest BCUT2D eigenvalue weighted by atomic mass is 10.2. The van der Waals surface area contributed by atoms with Crippen molar-refractivity contribution >= 4 is 11.8 Å². The van der Waals surface area contributed by atoms with Crippen molar-refractivity contribution in [1.29, 1.82) is 0 Å². The summed E-state index contributed by atoms with van der Waals surface area (Å²) in [5.41, 5.74) is 1.97. The normalized spacial score (nSPS) is 10.6. The van der Waals surface area contributed by atoms with E-state index in [1.807, 2.05) is 48.7 Å². The van der Waals surface area contributed by atoms with Crippen molar-refractivity contribution in [2.45, 2.75) is 11.6 Å². The Balaban J connectivity index is 1.64. The van der Waals surface area contributed by atoms with Crippen molar-refractivity contribution in [3.63, 3.8) is 0 Å². The van der Waals surface area contributed by atoms with Crippen LogP contribution in [0.2, 0.25) is 0 Å². The third-order valence-corrected chi connectivity index (χ3v) is 4.00. The first-order chi connectivity index (χ1) is 10.9. The molecule has 0 bridgehead atoms. The summed E-state index contributed by atoms with van der Waals surface area (Å²) < 4.78 is 5.34. The predicted octanol–water partition coefficient (Wildman–Crippen LogP) is 3.21. The maximum atomic E-state index is 5.34. The van der Waals surface area contributed by atoms with Gasteiger partial charge in [-0.2, -0.15) is 5.10 Å². The van der Waals surface area contributed by atoms with Crippen LogP contribution in [0.15, 0.2) is 53.8 Å². The Morgan fingerprint density at radius 2 is 2.00 bits per heavy atom. The highest BCUT2D eigenvalue weighted by Gasteiger charge is 2.10. The molecule has 3 aromatic rings. The second-order valence-electron chi connectivity index (χ2n) is 4.58. The number of nitrogens with one attached hydrogen (secondary N) is 1. The molecular formula is C16H16N4OS. The average Bonchev–Trinajstić information content (AvgIpc) is 3.04. The average molecular weight is 312 g/mol. The number of rotatable bonds is 6. The van der Waals surface area contributed by atoms with Crippen LogP contribution < -0.4 is 4.74 Å². The zero-order valence-corrected chi connectivity index (χ0v) is 13.0. The first-order valence-corrected chi connectivity index (χ1v) is 7.94. The molecule has 2 aromatic heterocycles. The summed E-state index contributed by atoms with van der Waals surface area (Å²) >= 11 is 1.63. The summed E-state index contributed by atoms with van der Waals surface area (Å²) in [4.78, 5) is 8.83. The third-order valence-electron chi connectivity index (χ3n) is 3.14. The van der Waals surface area contributed by atoms with Gasteiger partial charge in [0.05, 0.1) is 12.7 Å². The van der Waals surface area contributed by atoms with E-state index in [1.165, 1.54) is 0 Å². The van der Waals surface area contributed by atoms with Gasteiger partial charge in [0.1, 0.15) is 5.75 Å². The Labute approximate surface area is 133 Å². The monoisotopic (exact) mass is 312 g/mol. The Bertz CT molecular complexity index is 730. The number of hydrogen-bond acceptors (Lipinski definition) is 5. The van der Waals surface area contributed by atoms with Gasteiger partial charge >= 0.3 is 0 Å². The van der Waals surface area contributed by atoms with Crippen molar-refractivity contribution in [1.82, 2.24) is 20.2 Å². The number of H-pyrrole nitrogens is 1. The van der Waals surface area contributed by atoms with Gasteiger partial charge in [0.2, 0.25) is 0 Å². The largest absolute Gasteiger partial charge is 0.496 e. The first-order valence-electron chi connectivity index (χ1n) is 6.95. The summed E-state index contributed by atoms with van der Waals surface area (Å²) in [6.07, 6.45) is 2.71. The van der Waals surface area contributed by atoms with E-state index >= 15 is 0 Å². The number of ether oxygens (including phenoxy) is 1. The molecule has 6 heteroatoms. The molecule has 0 saturated heterocycles. The van der Waals surface area contributed by atoms with E-state index in [4.69, 9.17) is 4.74 Å². The molecule has 22 heavy (non-hydrogen) atoms. The van der Waals surface area contributed by atoms with Crippen LogP contribution in [0.5, 0.6) is 5.75 Å². The molecule has 0 radical (unpaired) electrons. The predicted molar refractivity (Wildman–Crippen MR) is 87.0 cm³/mol. The lowest BCUT2D eigenvalue weighted by Crippen LogP contribution is -1.92. The van der Waals surface area contributed by atoms with Crippen LogP contribution >= 0.6 is 11.8 Å². The van der Waals surface area contributed by atoms with Gasteiger partial charge in [-0.25, -0.2) is 4.98 Å². The van der Waals surface area contributed by atoms with Gasteiger partial charge in [0.25, 0.3) is 0 Å². The molecule has 0 amide bonds. The topological polar surface area (TPSA) is 63.7 Å². The molecule has 0 atom stereocenters. The first kappa shape index (κ1) is 14.6. The number of aromatic nitrogens is 4. The van der Waals surface area contributed by atoms with E-state index < -0.39 is 0 Å². The summed E-state index contributed by atoms with van der Waals surface area (Å²) in [6.45, 7) is 0.